The molecule has 4 aromatic rings. The molecular weight excluding hydrogens is 530 g/mol. The second-order valence-electron chi connectivity index (χ2n) is 6.67. The lowest BCUT2D eigenvalue weighted by Gasteiger charge is -2.12. The van der Waals surface area contributed by atoms with Crippen LogP contribution in [0.4, 0.5) is 5.69 Å². The van der Waals surface area contributed by atoms with Gasteiger partial charge in [0.1, 0.15) is 10.8 Å². The first-order valence-corrected chi connectivity index (χ1v) is 12.0. The summed E-state index contributed by atoms with van der Waals surface area (Å²) in [5.41, 5.74) is 2.90. The number of amides is 1. The van der Waals surface area contributed by atoms with Crippen molar-refractivity contribution in [1.82, 2.24) is 10.3 Å². The molecule has 0 saturated carbocycles. The van der Waals surface area contributed by atoms with E-state index in [1.54, 1.807) is 35.6 Å². The molecular formula is C23H17BrClN3O2S2. The maximum atomic E-state index is 12.5. The lowest BCUT2D eigenvalue weighted by atomic mass is 10.2. The maximum Gasteiger partial charge on any atom is 0.257 e. The van der Waals surface area contributed by atoms with Gasteiger partial charge in [-0.15, -0.1) is 11.3 Å². The highest BCUT2D eigenvalue weighted by molar-refractivity contribution is 9.10. The number of para-hydroxylation sites is 1. The third kappa shape index (κ3) is 5.10. The monoisotopic (exact) mass is 545 g/mol. The summed E-state index contributed by atoms with van der Waals surface area (Å²) in [6.45, 7) is 2.44. The molecule has 1 aromatic heterocycles. The molecule has 0 bridgehead atoms. The van der Waals surface area contributed by atoms with Crippen molar-refractivity contribution >= 4 is 78.0 Å². The molecule has 0 spiro atoms. The van der Waals surface area contributed by atoms with Crippen LogP contribution in [0.1, 0.15) is 17.3 Å². The Morgan fingerprint density at radius 2 is 2.00 bits per heavy atom. The zero-order valence-corrected chi connectivity index (χ0v) is 20.8. The quantitative estimate of drug-likeness (QED) is 0.267. The number of nitrogens with zero attached hydrogens (tertiary/aromatic N) is 1. The maximum absolute atomic E-state index is 12.5. The van der Waals surface area contributed by atoms with Crippen LogP contribution in [-0.4, -0.2) is 22.6 Å². The third-order valence-corrected chi connectivity index (χ3v) is 6.68. The second-order valence-corrected chi connectivity index (χ2v) is 9.37. The number of hydrogen-bond donors (Lipinski definition) is 2. The third-order valence-electron chi connectivity index (χ3n) is 4.47. The van der Waals surface area contributed by atoms with Crippen molar-refractivity contribution in [3.8, 4) is 16.3 Å². The van der Waals surface area contributed by atoms with E-state index in [1.165, 1.54) is 0 Å². The van der Waals surface area contributed by atoms with Gasteiger partial charge in [0.2, 0.25) is 0 Å². The molecule has 0 aliphatic rings. The molecule has 4 rings (SSSR count). The first-order valence-electron chi connectivity index (χ1n) is 9.64. The Kier molecular flexibility index (Phi) is 7.05. The Morgan fingerprint density at radius 1 is 1.19 bits per heavy atom. The van der Waals surface area contributed by atoms with Gasteiger partial charge in [0, 0.05) is 16.8 Å². The molecule has 3 aromatic carbocycles. The first kappa shape index (κ1) is 22.7. The number of benzene rings is 3. The number of hydrogen-bond acceptors (Lipinski definition) is 5. The van der Waals surface area contributed by atoms with Crippen LogP contribution in [0.5, 0.6) is 5.75 Å². The molecule has 0 atom stereocenters. The van der Waals surface area contributed by atoms with Gasteiger partial charge in [-0.05, 0) is 83.6 Å². The highest BCUT2D eigenvalue weighted by Crippen LogP contribution is 2.35. The van der Waals surface area contributed by atoms with Crippen LogP contribution < -0.4 is 15.4 Å². The van der Waals surface area contributed by atoms with E-state index in [1.807, 2.05) is 43.3 Å². The zero-order chi connectivity index (χ0) is 22.7. The Balaban J connectivity index is 1.43. The number of rotatable bonds is 5. The van der Waals surface area contributed by atoms with Gasteiger partial charge in [0.25, 0.3) is 5.91 Å². The largest absolute Gasteiger partial charge is 0.493 e. The summed E-state index contributed by atoms with van der Waals surface area (Å²) in [7, 11) is 0. The van der Waals surface area contributed by atoms with E-state index >= 15 is 0 Å². The lowest BCUT2D eigenvalue weighted by molar-refractivity contribution is 0.0977. The smallest absolute Gasteiger partial charge is 0.257 e. The van der Waals surface area contributed by atoms with Crippen LogP contribution in [0.3, 0.4) is 0 Å². The standard InChI is InChI=1S/C23H17BrClN3O2S2/c1-2-30-19-10-7-13(11-16(19)24)21(29)28-23(31)26-14-8-9-15(17(25)12-14)22-27-18-5-3-4-6-20(18)32-22/h3-12H,2H2,1H3,(H2,26,28,29,31). The number of halogens is 2. The number of thiocarbonyl (C=S) groups is 1. The normalized spacial score (nSPS) is 10.7. The number of aromatic nitrogens is 1. The van der Waals surface area contributed by atoms with E-state index in [2.05, 4.69) is 31.5 Å². The molecule has 1 amide bonds. The van der Waals surface area contributed by atoms with Crippen LogP contribution in [-0.2, 0) is 0 Å². The summed E-state index contributed by atoms with van der Waals surface area (Å²) in [6, 6.07) is 18.5. The summed E-state index contributed by atoms with van der Waals surface area (Å²) >= 11 is 16.8. The fourth-order valence-electron chi connectivity index (χ4n) is 3.01. The highest BCUT2D eigenvalue weighted by atomic mass is 79.9. The molecule has 0 radical (unpaired) electrons. The molecule has 1 heterocycles. The van der Waals surface area contributed by atoms with Crippen molar-refractivity contribution < 1.29 is 9.53 Å². The number of thiazole rings is 1. The van der Waals surface area contributed by atoms with E-state index in [9.17, 15) is 4.79 Å². The van der Waals surface area contributed by atoms with E-state index in [-0.39, 0.29) is 11.0 Å². The van der Waals surface area contributed by atoms with Crippen LogP contribution in [0.25, 0.3) is 20.8 Å². The van der Waals surface area contributed by atoms with Gasteiger partial charge in [-0.3, -0.25) is 10.1 Å². The van der Waals surface area contributed by atoms with Crippen LogP contribution >= 0.6 is 51.1 Å². The fourth-order valence-corrected chi connectivity index (χ4v) is 5.04. The van der Waals surface area contributed by atoms with E-state index < -0.39 is 0 Å². The number of fused-ring (bicyclic) bond motifs is 1. The average molecular weight is 547 g/mol. The Labute approximate surface area is 207 Å². The van der Waals surface area contributed by atoms with Crippen molar-refractivity contribution in [3.05, 3.63) is 75.7 Å². The minimum Gasteiger partial charge on any atom is -0.493 e. The van der Waals surface area contributed by atoms with Gasteiger partial charge in [-0.2, -0.15) is 0 Å². The molecule has 0 aliphatic carbocycles. The first-order chi connectivity index (χ1) is 15.4. The number of anilines is 1. The van der Waals surface area contributed by atoms with Crippen molar-refractivity contribution in [3.63, 3.8) is 0 Å². The van der Waals surface area contributed by atoms with Crippen molar-refractivity contribution in [1.29, 1.82) is 0 Å². The molecule has 0 fully saturated rings. The lowest BCUT2D eigenvalue weighted by Crippen LogP contribution is -2.34. The van der Waals surface area contributed by atoms with Gasteiger partial charge in [0.15, 0.2) is 5.11 Å². The molecule has 0 saturated heterocycles. The van der Waals surface area contributed by atoms with Crippen molar-refractivity contribution in [2.45, 2.75) is 6.92 Å². The summed E-state index contributed by atoms with van der Waals surface area (Å²) < 4.78 is 7.27. The summed E-state index contributed by atoms with van der Waals surface area (Å²) in [5.74, 6) is 0.344. The minimum atomic E-state index is -0.330. The Hall–Kier alpha value is -2.52. The Bertz CT molecular complexity index is 1290. The summed E-state index contributed by atoms with van der Waals surface area (Å²) in [6.07, 6.45) is 0. The number of ether oxygens (including phenoxy) is 1. The molecule has 9 heteroatoms. The van der Waals surface area contributed by atoms with Crippen molar-refractivity contribution in [2.75, 3.05) is 11.9 Å². The predicted octanol–water partition coefficient (Wildman–Crippen LogP) is 6.90. The topological polar surface area (TPSA) is 63.2 Å². The van der Waals surface area contributed by atoms with Gasteiger partial charge >= 0.3 is 0 Å². The van der Waals surface area contributed by atoms with E-state index in [4.69, 9.17) is 28.6 Å². The van der Waals surface area contributed by atoms with Gasteiger partial charge < -0.3 is 10.1 Å². The molecule has 0 aliphatic heterocycles. The fraction of sp³-hybridized carbons (Fsp3) is 0.0870. The summed E-state index contributed by atoms with van der Waals surface area (Å²) in [4.78, 5) is 17.2. The van der Waals surface area contributed by atoms with E-state index in [0.717, 1.165) is 20.8 Å². The van der Waals surface area contributed by atoms with E-state index in [0.29, 0.717) is 33.1 Å². The predicted molar refractivity (Wildman–Crippen MR) is 139 cm³/mol. The molecule has 2 N–H and O–H groups in total. The molecule has 32 heavy (non-hydrogen) atoms. The molecule has 162 valence electrons. The van der Waals surface area contributed by atoms with Crippen LogP contribution in [0, 0.1) is 0 Å². The van der Waals surface area contributed by atoms with Gasteiger partial charge in [-0.1, -0.05) is 23.7 Å². The zero-order valence-electron chi connectivity index (χ0n) is 16.8. The van der Waals surface area contributed by atoms with Gasteiger partial charge in [0.05, 0.1) is 26.3 Å². The Morgan fingerprint density at radius 3 is 2.72 bits per heavy atom. The van der Waals surface area contributed by atoms with Crippen LogP contribution in [0.2, 0.25) is 5.02 Å². The molecule has 5 nitrogen and oxygen atoms in total. The minimum absolute atomic E-state index is 0.170. The summed E-state index contributed by atoms with van der Waals surface area (Å²) in [5, 5.41) is 7.23. The van der Waals surface area contributed by atoms with Crippen molar-refractivity contribution in [2.24, 2.45) is 0 Å². The number of carbonyl (C=O) groups is 1. The number of nitrogens with one attached hydrogen (secondary N) is 2. The van der Waals surface area contributed by atoms with Gasteiger partial charge in [-0.25, -0.2) is 4.98 Å². The number of carbonyl (C=O) groups excluding carboxylic acids is 1. The average Bonchev–Trinajstić information content (AvgIpc) is 3.19. The SMILES string of the molecule is CCOc1ccc(C(=O)NC(=S)Nc2ccc(-c3nc4ccccc4s3)c(Cl)c2)cc1Br. The van der Waals surface area contributed by atoms with Crippen LogP contribution in [0.15, 0.2) is 65.1 Å². The molecule has 0 unspecified atom stereocenters. The highest BCUT2D eigenvalue weighted by Gasteiger charge is 2.13. The second kappa shape index (κ2) is 9.95.